The van der Waals surface area contributed by atoms with Crippen LogP contribution in [-0.4, -0.2) is 46.5 Å². The standard InChI is InChI=1S/C9H15N3O5S/c1-9(15,3-8(13)14)6-11-18(16,17)7-4-10-12(2)5-7/h4-5,11,15H,3,6H2,1-2H3,(H,13,14). The third-order valence-electron chi connectivity index (χ3n) is 2.17. The SMILES string of the molecule is Cn1cc(S(=O)(=O)NCC(C)(O)CC(=O)O)cn1. The van der Waals surface area contributed by atoms with Crippen molar-refractivity contribution in [3.63, 3.8) is 0 Å². The summed E-state index contributed by atoms with van der Waals surface area (Å²) in [5.74, 6) is -1.21. The summed E-state index contributed by atoms with van der Waals surface area (Å²) in [6.07, 6.45) is 1.91. The lowest BCUT2D eigenvalue weighted by atomic mass is 10.0. The van der Waals surface area contributed by atoms with Gasteiger partial charge in [-0.3, -0.25) is 9.48 Å². The van der Waals surface area contributed by atoms with E-state index in [1.165, 1.54) is 17.8 Å². The van der Waals surface area contributed by atoms with E-state index in [0.717, 1.165) is 6.20 Å². The molecular weight excluding hydrogens is 262 g/mol. The Kier molecular flexibility index (Phi) is 4.09. The quantitative estimate of drug-likeness (QED) is 0.608. The first-order valence-corrected chi connectivity index (χ1v) is 6.53. The number of aliphatic hydroxyl groups is 1. The van der Waals surface area contributed by atoms with Crippen LogP contribution in [0.25, 0.3) is 0 Å². The van der Waals surface area contributed by atoms with E-state index in [9.17, 15) is 18.3 Å². The van der Waals surface area contributed by atoms with Gasteiger partial charge in [-0.25, -0.2) is 13.1 Å². The van der Waals surface area contributed by atoms with Gasteiger partial charge < -0.3 is 10.2 Å². The normalized spacial score (nSPS) is 15.3. The molecule has 0 aromatic carbocycles. The highest BCUT2D eigenvalue weighted by atomic mass is 32.2. The van der Waals surface area contributed by atoms with Crippen molar-refractivity contribution in [1.82, 2.24) is 14.5 Å². The van der Waals surface area contributed by atoms with E-state index in [-0.39, 0.29) is 4.90 Å². The molecule has 9 heteroatoms. The van der Waals surface area contributed by atoms with Crippen molar-refractivity contribution >= 4 is 16.0 Å². The number of carboxylic acid groups (broad SMARTS) is 1. The molecule has 1 aromatic rings. The molecule has 0 aliphatic rings. The van der Waals surface area contributed by atoms with Gasteiger partial charge in [-0.05, 0) is 6.92 Å². The van der Waals surface area contributed by atoms with Crippen molar-refractivity contribution in [3.05, 3.63) is 12.4 Å². The molecule has 0 amide bonds. The van der Waals surface area contributed by atoms with E-state index < -0.39 is 34.6 Å². The molecule has 102 valence electrons. The molecule has 18 heavy (non-hydrogen) atoms. The van der Waals surface area contributed by atoms with E-state index in [1.807, 2.05) is 0 Å². The number of aryl methyl sites for hydroxylation is 1. The number of carbonyl (C=O) groups is 1. The Morgan fingerprint density at radius 2 is 2.22 bits per heavy atom. The fraction of sp³-hybridized carbons (Fsp3) is 0.556. The molecule has 0 saturated heterocycles. The summed E-state index contributed by atoms with van der Waals surface area (Å²) >= 11 is 0. The number of nitrogens with one attached hydrogen (secondary N) is 1. The zero-order valence-corrected chi connectivity index (χ0v) is 10.8. The Balaban J connectivity index is 2.71. The highest BCUT2D eigenvalue weighted by molar-refractivity contribution is 7.89. The molecule has 0 aliphatic heterocycles. The van der Waals surface area contributed by atoms with Gasteiger partial charge in [-0.2, -0.15) is 5.10 Å². The molecule has 0 fully saturated rings. The van der Waals surface area contributed by atoms with Crippen LogP contribution in [-0.2, 0) is 21.9 Å². The van der Waals surface area contributed by atoms with Crippen LogP contribution < -0.4 is 4.72 Å². The maximum atomic E-state index is 11.8. The molecule has 1 rings (SSSR count). The van der Waals surface area contributed by atoms with Gasteiger partial charge in [-0.15, -0.1) is 0 Å². The van der Waals surface area contributed by atoms with Gasteiger partial charge in [0, 0.05) is 19.8 Å². The number of rotatable bonds is 6. The summed E-state index contributed by atoms with van der Waals surface area (Å²) in [4.78, 5) is 10.4. The minimum Gasteiger partial charge on any atom is -0.481 e. The fourth-order valence-corrected chi connectivity index (χ4v) is 2.40. The minimum absolute atomic E-state index is 0.0453. The van der Waals surface area contributed by atoms with Crippen LogP contribution in [0.15, 0.2) is 17.3 Å². The van der Waals surface area contributed by atoms with Crippen LogP contribution in [0, 0.1) is 0 Å². The highest BCUT2D eigenvalue weighted by Crippen LogP contribution is 2.11. The fourth-order valence-electron chi connectivity index (χ4n) is 1.26. The summed E-state index contributed by atoms with van der Waals surface area (Å²) in [6.45, 7) is 0.851. The maximum Gasteiger partial charge on any atom is 0.306 e. The second kappa shape index (κ2) is 5.04. The number of aliphatic carboxylic acids is 1. The number of carboxylic acids is 1. The van der Waals surface area contributed by atoms with Crippen molar-refractivity contribution in [2.24, 2.45) is 7.05 Å². The van der Waals surface area contributed by atoms with Crippen LogP contribution in [0.4, 0.5) is 0 Å². The van der Waals surface area contributed by atoms with Gasteiger partial charge >= 0.3 is 5.97 Å². The first kappa shape index (κ1) is 14.6. The predicted octanol–water partition coefficient (Wildman–Crippen LogP) is -1.08. The third-order valence-corrected chi connectivity index (χ3v) is 3.52. The molecule has 1 atom stereocenters. The first-order valence-electron chi connectivity index (χ1n) is 5.05. The largest absolute Gasteiger partial charge is 0.481 e. The van der Waals surface area contributed by atoms with Gasteiger partial charge in [0.05, 0.1) is 18.2 Å². The second-order valence-corrected chi connectivity index (χ2v) is 6.01. The number of aromatic nitrogens is 2. The monoisotopic (exact) mass is 277 g/mol. The maximum absolute atomic E-state index is 11.8. The van der Waals surface area contributed by atoms with Crippen molar-refractivity contribution in [2.45, 2.75) is 23.8 Å². The molecular formula is C9H15N3O5S. The minimum atomic E-state index is -3.79. The molecule has 1 aromatic heterocycles. The van der Waals surface area contributed by atoms with Gasteiger partial charge in [0.15, 0.2) is 0 Å². The van der Waals surface area contributed by atoms with E-state index >= 15 is 0 Å². The Bertz CT molecular complexity index is 534. The summed E-state index contributed by atoms with van der Waals surface area (Å²) in [5.41, 5.74) is -1.65. The smallest absolute Gasteiger partial charge is 0.306 e. The van der Waals surface area contributed by atoms with Crippen LogP contribution >= 0.6 is 0 Å². The van der Waals surface area contributed by atoms with Crippen molar-refractivity contribution in [2.75, 3.05) is 6.54 Å². The number of nitrogens with zero attached hydrogens (tertiary/aromatic N) is 2. The lowest BCUT2D eigenvalue weighted by molar-refractivity contribution is -0.141. The molecule has 0 saturated carbocycles. The van der Waals surface area contributed by atoms with Crippen LogP contribution in [0.2, 0.25) is 0 Å². The average molecular weight is 277 g/mol. The Labute approximate surface area is 104 Å². The summed E-state index contributed by atoms with van der Waals surface area (Å²) in [6, 6.07) is 0. The predicted molar refractivity (Wildman–Crippen MR) is 61.3 cm³/mol. The molecule has 0 aliphatic carbocycles. The zero-order valence-electron chi connectivity index (χ0n) is 9.99. The molecule has 8 nitrogen and oxygen atoms in total. The van der Waals surface area contributed by atoms with Gasteiger partial charge in [0.1, 0.15) is 4.90 Å². The van der Waals surface area contributed by atoms with Crippen molar-refractivity contribution in [3.8, 4) is 0 Å². The van der Waals surface area contributed by atoms with Crippen LogP contribution in [0.5, 0.6) is 0 Å². The topological polar surface area (TPSA) is 122 Å². The molecule has 3 N–H and O–H groups in total. The van der Waals surface area contributed by atoms with Crippen molar-refractivity contribution in [1.29, 1.82) is 0 Å². The van der Waals surface area contributed by atoms with Crippen LogP contribution in [0.1, 0.15) is 13.3 Å². The van der Waals surface area contributed by atoms with Gasteiger partial charge in [0.25, 0.3) is 0 Å². The second-order valence-electron chi connectivity index (χ2n) is 4.24. The van der Waals surface area contributed by atoms with E-state index in [2.05, 4.69) is 9.82 Å². The zero-order chi connectivity index (χ0) is 14.0. The number of hydrogen-bond donors (Lipinski definition) is 3. The van der Waals surface area contributed by atoms with E-state index in [0.29, 0.717) is 0 Å². The molecule has 1 unspecified atom stereocenters. The van der Waals surface area contributed by atoms with Gasteiger partial charge in [-0.1, -0.05) is 0 Å². The molecule has 0 spiro atoms. The van der Waals surface area contributed by atoms with E-state index in [4.69, 9.17) is 5.11 Å². The highest BCUT2D eigenvalue weighted by Gasteiger charge is 2.27. The van der Waals surface area contributed by atoms with Crippen molar-refractivity contribution < 1.29 is 23.4 Å². The summed E-state index contributed by atoms with van der Waals surface area (Å²) in [5, 5.41) is 21.9. The molecule has 1 heterocycles. The summed E-state index contributed by atoms with van der Waals surface area (Å²) in [7, 11) is -2.23. The Morgan fingerprint density at radius 3 is 2.67 bits per heavy atom. The number of hydrogen-bond acceptors (Lipinski definition) is 5. The molecule has 0 radical (unpaired) electrons. The Hall–Kier alpha value is -1.45. The lowest BCUT2D eigenvalue weighted by Crippen LogP contribution is -2.42. The summed E-state index contributed by atoms with van der Waals surface area (Å²) < 4.78 is 27.0. The Morgan fingerprint density at radius 1 is 1.61 bits per heavy atom. The third kappa shape index (κ3) is 4.09. The van der Waals surface area contributed by atoms with E-state index in [1.54, 1.807) is 7.05 Å². The average Bonchev–Trinajstić information content (AvgIpc) is 2.61. The lowest BCUT2D eigenvalue weighted by Gasteiger charge is -2.21. The van der Waals surface area contributed by atoms with Gasteiger partial charge in [0.2, 0.25) is 10.0 Å². The first-order chi connectivity index (χ1) is 8.12. The molecule has 0 bridgehead atoms. The number of sulfonamides is 1. The van der Waals surface area contributed by atoms with Crippen LogP contribution in [0.3, 0.4) is 0 Å².